The zero-order chi connectivity index (χ0) is 35.4. The van der Waals surface area contributed by atoms with Gasteiger partial charge in [0, 0.05) is 31.4 Å². The lowest BCUT2D eigenvalue weighted by atomic mass is 10.0. The molecule has 266 valence electrons. The van der Waals surface area contributed by atoms with Gasteiger partial charge in [0.2, 0.25) is 0 Å². The van der Waals surface area contributed by atoms with E-state index in [-0.39, 0.29) is 47.6 Å². The van der Waals surface area contributed by atoms with Gasteiger partial charge in [0.05, 0.1) is 30.7 Å². The van der Waals surface area contributed by atoms with Crippen LogP contribution in [0, 0.1) is 23.3 Å². The third-order valence-electron chi connectivity index (χ3n) is 8.20. The number of aromatic nitrogens is 2. The van der Waals surface area contributed by atoms with Gasteiger partial charge in [-0.1, -0.05) is 19.1 Å². The minimum atomic E-state index is -1.05. The van der Waals surface area contributed by atoms with Gasteiger partial charge in [0.1, 0.15) is 29.1 Å². The highest BCUT2D eigenvalue weighted by Gasteiger charge is 2.28. The number of benzene rings is 3. The number of carbonyl (C=O) groups excluding carboxylic acids is 3. The Kier molecular flexibility index (Phi) is 11.7. The van der Waals surface area contributed by atoms with E-state index in [4.69, 9.17) is 4.74 Å². The fourth-order valence-electron chi connectivity index (χ4n) is 5.63. The van der Waals surface area contributed by atoms with E-state index in [0.29, 0.717) is 55.1 Å². The van der Waals surface area contributed by atoms with Gasteiger partial charge in [-0.15, -0.1) is 12.4 Å². The summed E-state index contributed by atoms with van der Waals surface area (Å²) in [5.41, 5.74) is 1.47. The molecule has 3 N–H and O–H groups in total. The van der Waals surface area contributed by atoms with Crippen LogP contribution >= 0.6 is 12.4 Å². The van der Waals surface area contributed by atoms with Crippen LogP contribution in [0.25, 0.3) is 16.8 Å². The molecule has 3 amide bonds. The molecule has 10 nitrogen and oxygen atoms in total. The number of nitrogens with one attached hydrogen (secondary N) is 3. The third kappa shape index (κ3) is 8.20. The normalized spacial score (nSPS) is 14.1. The van der Waals surface area contributed by atoms with E-state index in [0.717, 1.165) is 24.3 Å². The predicted octanol–water partition coefficient (Wildman–Crippen LogP) is 5.96. The molecule has 1 fully saturated rings. The molecule has 3 aromatic carbocycles. The van der Waals surface area contributed by atoms with Crippen LogP contribution in [0.15, 0.2) is 79.1 Å². The molecular formula is C36H33ClF4N6O4. The summed E-state index contributed by atoms with van der Waals surface area (Å²) in [5, 5.41) is 8.24. The van der Waals surface area contributed by atoms with Gasteiger partial charge in [0.25, 0.3) is 17.7 Å². The van der Waals surface area contributed by atoms with E-state index in [1.54, 1.807) is 29.3 Å². The van der Waals surface area contributed by atoms with Crippen molar-refractivity contribution >= 4 is 41.5 Å². The summed E-state index contributed by atoms with van der Waals surface area (Å²) in [5.74, 6) is -5.34. The van der Waals surface area contributed by atoms with Gasteiger partial charge >= 0.3 is 0 Å². The fourth-order valence-corrected chi connectivity index (χ4v) is 5.63. The Morgan fingerprint density at radius 1 is 0.922 bits per heavy atom. The Balaban J connectivity index is 0.00000504. The number of amides is 3. The SMILES string of the molecule is CCCN(C(=O)c1ccc(-c2ccn3c(C(=O)Nc4cc(C(=O)NCc5ccc(F)c(F)c5)ccc4F)cnc3c2)cc1F)C1COCCN1.Cl. The van der Waals surface area contributed by atoms with Crippen LogP contribution < -0.4 is 16.0 Å². The lowest BCUT2D eigenvalue weighted by molar-refractivity contribution is 0.00996. The predicted molar refractivity (Wildman–Crippen MR) is 184 cm³/mol. The van der Waals surface area contributed by atoms with Gasteiger partial charge in [0.15, 0.2) is 11.6 Å². The van der Waals surface area contributed by atoms with Gasteiger partial charge in [-0.05, 0) is 77.7 Å². The molecule has 1 atom stereocenters. The number of hydrogen-bond donors (Lipinski definition) is 3. The number of ether oxygens (including phenoxy) is 1. The Morgan fingerprint density at radius 2 is 1.71 bits per heavy atom. The highest BCUT2D eigenvalue weighted by atomic mass is 35.5. The Hall–Kier alpha value is -5.31. The lowest BCUT2D eigenvalue weighted by Gasteiger charge is -2.35. The molecule has 0 spiro atoms. The van der Waals surface area contributed by atoms with E-state index in [2.05, 4.69) is 20.9 Å². The highest BCUT2D eigenvalue weighted by molar-refractivity contribution is 6.04. The van der Waals surface area contributed by atoms with E-state index in [1.807, 2.05) is 6.92 Å². The smallest absolute Gasteiger partial charge is 0.274 e. The van der Waals surface area contributed by atoms with Crippen LogP contribution in [-0.2, 0) is 11.3 Å². The topological polar surface area (TPSA) is 117 Å². The summed E-state index contributed by atoms with van der Waals surface area (Å²) in [7, 11) is 0. The second-order valence-electron chi connectivity index (χ2n) is 11.6. The quantitative estimate of drug-likeness (QED) is 0.153. The molecule has 2 aromatic heterocycles. The van der Waals surface area contributed by atoms with Crippen LogP contribution in [0.1, 0.15) is 50.1 Å². The van der Waals surface area contributed by atoms with Crippen molar-refractivity contribution in [2.24, 2.45) is 0 Å². The second-order valence-corrected chi connectivity index (χ2v) is 11.6. The number of nitrogens with zero attached hydrogens (tertiary/aromatic N) is 3. The van der Waals surface area contributed by atoms with Crippen molar-refractivity contribution in [2.75, 3.05) is 31.6 Å². The molecule has 15 heteroatoms. The largest absolute Gasteiger partial charge is 0.377 e. The molecule has 0 aliphatic carbocycles. The molecule has 6 rings (SSSR count). The van der Waals surface area contributed by atoms with Crippen molar-refractivity contribution in [2.45, 2.75) is 26.1 Å². The number of fused-ring (bicyclic) bond motifs is 1. The summed E-state index contributed by atoms with van der Waals surface area (Å²) in [6, 6.07) is 14.2. The minimum absolute atomic E-state index is 0. The first-order chi connectivity index (χ1) is 24.1. The summed E-state index contributed by atoms with van der Waals surface area (Å²) >= 11 is 0. The van der Waals surface area contributed by atoms with Gasteiger partial charge < -0.3 is 20.3 Å². The van der Waals surface area contributed by atoms with Gasteiger partial charge in [-0.25, -0.2) is 22.5 Å². The minimum Gasteiger partial charge on any atom is -0.377 e. The van der Waals surface area contributed by atoms with E-state index in [9.17, 15) is 27.6 Å². The van der Waals surface area contributed by atoms with Crippen LogP contribution in [0.4, 0.5) is 23.2 Å². The molecule has 51 heavy (non-hydrogen) atoms. The zero-order valence-electron chi connectivity index (χ0n) is 27.2. The maximum absolute atomic E-state index is 15.4. The first kappa shape index (κ1) is 37.0. The Bertz CT molecular complexity index is 2090. The summed E-state index contributed by atoms with van der Waals surface area (Å²) in [4.78, 5) is 45.1. The molecule has 1 saturated heterocycles. The maximum atomic E-state index is 15.4. The average molecular weight is 725 g/mol. The number of hydrogen-bond acceptors (Lipinski definition) is 6. The molecule has 5 aromatic rings. The van der Waals surface area contributed by atoms with Crippen LogP contribution in [-0.4, -0.2) is 64.5 Å². The summed E-state index contributed by atoms with van der Waals surface area (Å²) in [6.07, 6.45) is 3.19. The monoisotopic (exact) mass is 724 g/mol. The first-order valence-electron chi connectivity index (χ1n) is 15.8. The second kappa shape index (κ2) is 16.1. The zero-order valence-corrected chi connectivity index (χ0v) is 28.0. The standard InChI is InChI=1S/C36H32F4N6O4.ClH/c1-2-11-46(33-20-50-13-10-41-33)36(49)25-6-4-22(15-28(25)39)23-9-12-45-31(19-42-32(45)17-23)35(48)44-30-16-24(5-8-27(30)38)34(47)43-18-21-3-7-26(37)29(40)14-21;/h3-9,12,14-17,19,33,41H,2,10-11,13,18,20H2,1H3,(H,43,47)(H,44,48);1H. The van der Waals surface area contributed by atoms with E-state index >= 15 is 4.39 Å². The molecule has 1 aliphatic rings. The van der Waals surface area contributed by atoms with E-state index < -0.39 is 41.0 Å². The molecule has 3 heterocycles. The first-order valence-corrected chi connectivity index (χ1v) is 15.8. The number of rotatable bonds is 10. The number of pyridine rings is 1. The fraction of sp³-hybridized carbons (Fsp3) is 0.222. The van der Waals surface area contributed by atoms with Crippen LogP contribution in [0.3, 0.4) is 0 Å². The van der Waals surface area contributed by atoms with Crippen LogP contribution in [0.5, 0.6) is 0 Å². The average Bonchev–Trinajstić information content (AvgIpc) is 3.55. The van der Waals surface area contributed by atoms with Crippen molar-refractivity contribution in [1.82, 2.24) is 24.9 Å². The van der Waals surface area contributed by atoms with Crippen molar-refractivity contribution in [1.29, 1.82) is 0 Å². The van der Waals surface area contributed by atoms with Crippen molar-refractivity contribution in [3.8, 4) is 11.1 Å². The molecule has 1 aliphatic heterocycles. The number of halogens is 5. The maximum Gasteiger partial charge on any atom is 0.274 e. The molecule has 1 unspecified atom stereocenters. The number of anilines is 1. The molecule has 0 radical (unpaired) electrons. The number of morpholine rings is 1. The number of imidazole rings is 1. The summed E-state index contributed by atoms with van der Waals surface area (Å²) < 4.78 is 63.7. The molecule has 0 bridgehead atoms. The molecule has 0 saturated carbocycles. The van der Waals surface area contributed by atoms with Gasteiger partial charge in [-0.3, -0.25) is 24.1 Å². The third-order valence-corrected chi connectivity index (χ3v) is 8.20. The van der Waals surface area contributed by atoms with Gasteiger partial charge in [-0.2, -0.15) is 0 Å². The summed E-state index contributed by atoms with van der Waals surface area (Å²) in [6.45, 7) is 3.71. The van der Waals surface area contributed by atoms with Crippen molar-refractivity contribution in [3.63, 3.8) is 0 Å². The van der Waals surface area contributed by atoms with E-state index in [1.165, 1.54) is 34.9 Å². The lowest BCUT2D eigenvalue weighted by Crippen LogP contribution is -2.55. The Morgan fingerprint density at radius 3 is 2.43 bits per heavy atom. The molecular weight excluding hydrogens is 692 g/mol. The number of carbonyl (C=O) groups is 3. The Labute approximate surface area is 296 Å². The van der Waals surface area contributed by atoms with Crippen molar-refractivity contribution < 1.29 is 36.7 Å². The van der Waals surface area contributed by atoms with Crippen molar-refractivity contribution in [3.05, 3.63) is 125 Å². The van der Waals surface area contributed by atoms with Crippen LogP contribution in [0.2, 0.25) is 0 Å². The highest BCUT2D eigenvalue weighted by Crippen LogP contribution is 2.26.